The highest BCUT2D eigenvalue weighted by molar-refractivity contribution is 5.92. The summed E-state index contributed by atoms with van der Waals surface area (Å²) >= 11 is 0. The van der Waals surface area contributed by atoms with Gasteiger partial charge < -0.3 is 15.0 Å². The van der Waals surface area contributed by atoms with E-state index >= 15 is 0 Å². The van der Waals surface area contributed by atoms with Gasteiger partial charge in [0.15, 0.2) is 0 Å². The number of nitrogens with one attached hydrogen (secondary N) is 1. The van der Waals surface area contributed by atoms with Crippen molar-refractivity contribution in [3.05, 3.63) is 11.6 Å². The van der Waals surface area contributed by atoms with E-state index in [4.69, 9.17) is 4.74 Å². The first-order valence-corrected chi connectivity index (χ1v) is 14.2. The number of rotatable bonds is 5. The largest absolute Gasteiger partial charge is 0.460 e. The van der Waals surface area contributed by atoms with Gasteiger partial charge in [0.2, 0.25) is 5.91 Å². The van der Waals surface area contributed by atoms with Gasteiger partial charge in [0.05, 0.1) is 6.04 Å². The summed E-state index contributed by atoms with van der Waals surface area (Å²) in [6.45, 7) is 12.8. The molecule has 4 rings (SSSR count). The summed E-state index contributed by atoms with van der Waals surface area (Å²) in [5.41, 5.74) is 1.34. The number of fused-ring (bicyclic) bond motifs is 5. The molecule has 0 spiro atoms. The van der Waals surface area contributed by atoms with E-state index in [0.29, 0.717) is 23.3 Å². The summed E-state index contributed by atoms with van der Waals surface area (Å²) in [6.07, 6.45) is 11.3. The fraction of sp³-hybridized carbons (Fsp3) is 0.867. The molecular formula is C30H50N2O3. The molecule has 5 nitrogen and oxygen atoms in total. The molecule has 1 amide bonds. The average Bonchev–Trinajstić information content (AvgIpc) is 3.16. The van der Waals surface area contributed by atoms with Crippen molar-refractivity contribution in [1.82, 2.24) is 10.2 Å². The predicted octanol–water partition coefficient (Wildman–Crippen LogP) is 5.59. The molecule has 5 heteroatoms. The smallest absolute Gasteiger partial charge is 0.302 e. The minimum Gasteiger partial charge on any atom is -0.460 e. The van der Waals surface area contributed by atoms with E-state index in [1.807, 2.05) is 19.9 Å². The van der Waals surface area contributed by atoms with Crippen LogP contribution >= 0.6 is 0 Å². The highest BCUT2D eigenvalue weighted by Crippen LogP contribution is 2.68. The zero-order chi connectivity index (χ0) is 25.7. The number of carbonyl (C=O) groups is 2. The number of esters is 1. The van der Waals surface area contributed by atoms with Crippen LogP contribution in [0, 0.1) is 40.4 Å². The zero-order valence-electron chi connectivity index (χ0n) is 23.5. The van der Waals surface area contributed by atoms with E-state index in [0.717, 1.165) is 42.6 Å². The molecule has 1 N–H and O–H groups in total. The molecule has 0 aromatic carbocycles. The summed E-state index contributed by atoms with van der Waals surface area (Å²) < 4.78 is 6.04. The van der Waals surface area contributed by atoms with Crippen molar-refractivity contribution >= 4 is 11.9 Å². The van der Waals surface area contributed by atoms with E-state index in [2.05, 4.69) is 45.1 Å². The van der Waals surface area contributed by atoms with Crippen LogP contribution in [0.2, 0.25) is 0 Å². The quantitative estimate of drug-likeness (QED) is 0.407. The Bertz CT molecular complexity index is 853. The summed E-state index contributed by atoms with van der Waals surface area (Å²) in [4.78, 5) is 27.3. The molecule has 35 heavy (non-hydrogen) atoms. The standard InChI is InChI=1S/C30H50N2O3/c1-9-18(2)28(34)31-26-15-17-30(6)24-14-16-29(5)22(19(3)32(7)8)12-13-23(29)21(24)10-11-25(30)27(26)35-20(4)33/h9,19,21-27H,10-17H2,1-8H3,(H,31,34)/b18-9+/t19-,21-,22+,23+,24-,25-,26-,27+,29+,30-/m0/s1. The van der Waals surface area contributed by atoms with Crippen molar-refractivity contribution in [2.45, 2.75) is 111 Å². The Morgan fingerprint density at radius 1 is 0.943 bits per heavy atom. The molecular weight excluding hydrogens is 436 g/mol. The number of hydrogen-bond donors (Lipinski definition) is 1. The van der Waals surface area contributed by atoms with Crippen LogP contribution in [-0.2, 0) is 14.3 Å². The first-order valence-electron chi connectivity index (χ1n) is 14.2. The molecule has 4 aliphatic rings. The van der Waals surface area contributed by atoms with Crippen LogP contribution < -0.4 is 5.32 Å². The first kappa shape index (κ1) is 26.7. The molecule has 0 radical (unpaired) electrons. The molecule has 4 fully saturated rings. The average molecular weight is 487 g/mol. The summed E-state index contributed by atoms with van der Waals surface area (Å²) in [7, 11) is 4.48. The fourth-order valence-electron chi connectivity index (χ4n) is 9.42. The Labute approximate surface area is 213 Å². The van der Waals surface area contributed by atoms with Crippen LogP contribution in [0.1, 0.15) is 92.9 Å². The van der Waals surface area contributed by atoms with Crippen molar-refractivity contribution < 1.29 is 14.3 Å². The molecule has 10 atom stereocenters. The van der Waals surface area contributed by atoms with Crippen molar-refractivity contribution in [1.29, 1.82) is 0 Å². The van der Waals surface area contributed by atoms with E-state index in [1.54, 1.807) is 0 Å². The minimum atomic E-state index is -0.226. The first-order chi connectivity index (χ1) is 16.4. The molecule has 0 aromatic rings. The van der Waals surface area contributed by atoms with Crippen LogP contribution in [-0.4, -0.2) is 49.1 Å². The van der Waals surface area contributed by atoms with Gasteiger partial charge in [-0.3, -0.25) is 9.59 Å². The zero-order valence-corrected chi connectivity index (χ0v) is 23.5. The molecule has 0 aromatic heterocycles. The second-order valence-electron chi connectivity index (χ2n) is 13.2. The normalized spacial score (nSPS) is 44.1. The Hall–Kier alpha value is -1.36. The van der Waals surface area contributed by atoms with Gasteiger partial charge in [-0.15, -0.1) is 0 Å². The van der Waals surface area contributed by atoms with Gasteiger partial charge in [0.1, 0.15) is 6.10 Å². The number of ether oxygens (including phenoxy) is 1. The molecule has 0 bridgehead atoms. The molecule has 4 saturated carbocycles. The van der Waals surface area contributed by atoms with Gasteiger partial charge in [-0.2, -0.15) is 0 Å². The van der Waals surface area contributed by atoms with E-state index < -0.39 is 0 Å². The van der Waals surface area contributed by atoms with Crippen molar-refractivity contribution in [2.75, 3.05) is 14.1 Å². The van der Waals surface area contributed by atoms with Crippen LogP contribution in [0.25, 0.3) is 0 Å². The third kappa shape index (κ3) is 4.49. The van der Waals surface area contributed by atoms with Crippen molar-refractivity contribution in [2.24, 2.45) is 40.4 Å². The topological polar surface area (TPSA) is 58.6 Å². The molecule has 0 heterocycles. The lowest BCUT2D eigenvalue weighted by atomic mass is 9.44. The lowest BCUT2D eigenvalue weighted by Gasteiger charge is -2.62. The van der Waals surface area contributed by atoms with Crippen LogP contribution in [0.5, 0.6) is 0 Å². The second kappa shape index (κ2) is 9.84. The highest BCUT2D eigenvalue weighted by Gasteiger charge is 2.62. The molecule has 198 valence electrons. The maximum atomic E-state index is 12.7. The van der Waals surface area contributed by atoms with Gasteiger partial charge in [-0.05, 0) is 121 Å². The van der Waals surface area contributed by atoms with Crippen LogP contribution in [0.15, 0.2) is 11.6 Å². The van der Waals surface area contributed by atoms with Gasteiger partial charge >= 0.3 is 5.97 Å². The lowest BCUT2D eigenvalue weighted by Crippen LogP contribution is -2.62. The number of amides is 1. The second-order valence-corrected chi connectivity index (χ2v) is 13.2. The molecule has 0 aliphatic heterocycles. The third-order valence-corrected chi connectivity index (χ3v) is 11.6. The lowest BCUT2D eigenvalue weighted by molar-refractivity contribution is -0.180. The SMILES string of the molecule is C/C=C(\C)C(=O)N[C@H]1CC[C@@]2(C)[C@H]3CC[C@@]4(C)[C@H](CC[C@@H]4[C@H](C)N(C)C)[C@@H]3CC[C@H]2[C@H]1OC(C)=O. The Balaban J connectivity index is 1.57. The number of allylic oxidation sites excluding steroid dienone is 1. The Kier molecular flexibility index (Phi) is 7.50. The maximum Gasteiger partial charge on any atom is 0.302 e. The van der Waals surface area contributed by atoms with Crippen molar-refractivity contribution in [3.8, 4) is 0 Å². The van der Waals surface area contributed by atoms with Crippen molar-refractivity contribution in [3.63, 3.8) is 0 Å². The Morgan fingerprint density at radius 3 is 2.20 bits per heavy atom. The predicted molar refractivity (Wildman–Crippen MR) is 141 cm³/mol. The van der Waals surface area contributed by atoms with Gasteiger partial charge in [0, 0.05) is 24.5 Å². The minimum absolute atomic E-state index is 0.0348. The van der Waals surface area contributed by atoms with Crippen LogP contribution in [0.4, 0.5) is 0 Å². The highest BCUT2D eigenvalue weighted by atomic mass is 16.5. The monoisotopic (exact) mass is 486 g/mol. The molecule has 4 aliphatic carbocycles. The summed E-state index contributed by atoms with van der Waals surface area (Å²) in [6, 6.07) is 0.531. The van der Waals surface area contributed by atoms with Gasteiger partial charge in [-0.25, -0.2) is 0 Å². The van der Waals surface area contributed by atoms with E-state index in [1.165, 1.54) is 39.0 Å². The number of carbonyl (C=O) groups excluding carboxylic acids is 2. The molecule has 0 unspecified atom stereocenters. The van der Waals surface area contributed by atoms with E-state index in [-0.39, 0.29) is 29.4 Å². The number of nitrogens with zero attached hydrogens (tertiary/aromatic N) is 1. The third-order valence-electron chi connectivity index (χ3n) is 11.6. The Morgan fingerprint density at radius 2 is 1.57 bits per heavy atom. The van der Waals surface area contributed by atoms with Gasteiger partial charge in [0.25, 0.3) is 0 Å². The van der Waals surface area contributed by atoms with Gasteiger partial charge in [-0.1, -0.05) is 19.9 Å². The summed E-state index contributed by atoms with van der Waals surface area (Å²) in [5, 5.41) is 3.23. The number of hydrogen-bond acceptors (Lipinski definition) is 4. The fourth-order valence-corrected chi connectivity index (χ4v) is 9.42. The van der Waals surface area contributed by atoms with Crippen LogP contribution in [0.3, 0.4) is 0 Å². The molecule has 0 saturated heterocycles. The van der Waals surface area contributed by atoms with E-state index in [9.17, 15) is 9.59 Å². The summed E-state index contributed by atoms with van der Waals surface area (Å²) in [5.74, 6) is 3.13. The maximum absolute atomic E-state index is 12.7.